The second-order valence-electron chi connectivity index (χ2n) is 4.29. The van der Waals surface area contributed by atoms with Crippen molar-refractivity contribution in [3.8, 4) is 0 Å². The largest absolute Gasteiger partial charge is 0.364 e. The molecule has 21 heavy (non-hydrogen) atoms. The van der Waals surface area contributed by atoms with Crippen molar-refractivity contribution in [1.29, 1.82) is 0 Å². The molecule has 0 saturated heterocycles. The molecule has 0 aliphatic rings. The lowest BCUT2D eigenvalue weighted by Crippen LogP contribution is -2.08. The highest BCUT2D eigenvalue weighted by Crippen LogP contribution is 2.32. The summed E-state index contributed by atoms with van der Waals surface area (Å²) in [6.45, 7) is 4.29. The molecule has 7 nitrogen and oxygen atoms in total. The Labute approximate surface area is 130 Å². The summed E-state index contributed by atoms with van der Waals surface area (Å²) < 4.78 is 0.941. The number of aromatic nitrogens is 2. The Kier molecular flexibility index (Phi) is 4.69. The van der Waals surface area contributed by atoms with E-state index in [9.17, 15) is 10.1 Å². The zero-order valence-corrected chi connectivity index (χ0v) is 13.1. The first-order valence-corrected chi connectivity index (χ1v) is 7.08. The lowest BCUT2D eigenvalue weighted by atomic mass is 10.2. The van der Waals surface area contributed by atoms with Gasteiger partial charge in [-0.25, -0.2) is 9.97 Å². The summed E-state index contributed by atoms with van der Waals surface area (Å²) in [4.78, 5) is 18.7. The molecule has 0 fully saturated rings. The Bertz CT molecular complexity index is 678. The molecule has 1 aromatic carbocycles. The summed E-state index contributed by atoms with van der Waals surface area (Å²) in [5, 5.41) is 17.1. The Morgan fingerprint density at radius 2 is 2.05 bits per heavy atom. The molecule has 1 aromatic heterocycles. The summed E-state index contributed by atoms with van der Waals surface area (Å²) in [6, 6.07) is 5.60. The van der Waals surface area contributed by atoms with Crippen molar-refractivity contribution >= 4 is 38.9 Å². The lowest BCUT2D eigenvalue weighted by Gasteiger charge is -2.11. The molecule has 0 saturated carbocycles. The Balaban J connectivity index is 2.43. The first kappa shape index (κ1) is 15.2. The van der Waals surface area contributed by atoms with Crippen molar-refractivity contribution in [3.63, 3.8) is 0 Å². The first-order chi connectivity index (χ1) is 10.0. The van der Waals surface area contributed by atoms with E-state index >= 15 is 0 Å². The summed E-state index contributed by atoms with van der Waals surface area (Å²) in [5.41, 5.74) is 1.53. The molecule has 2 rings (SSSR count). The molecular formula is C13H14BrN5O2. The van der Waals surface area contributed by atoms with E-state index in [2.05, 4.69) is 36.5 Å². The van der Waals surface area contributed by atoms with Crippen LogP contribution in [0.15, 0.2) is 29.0 Å². The van der Waals surface area contributed by atoms with Crippen LogP contribution >= 0.6 is 15.9 Å². The Hall–Kier alpha value is -2.22. The number of rotatable bonds is 5. The SMILES string of the molecule is CCNc1ncnc(Nc2ccc(Br)cc2C)c1[N+](=O)[O-]. The fourth-order valence-electron chi connectivity index (χ4n) is 1.83. The molecule has 1 heterocycles. The van der Waals surface area contributed by atoms with Crippen molar-refractivity contribution in [1.82, 2.24) is 9.97 Å². The predicted molar refractivity (Wildman–Crippen MR) is 85.0 cm³/mol. The Morgan fingerprint density at radius 3 is 2.67 bits per heavy atom. The highest BCUT2D eigenvalue weighted by Gasteiger charge is 2.22. The van der Waals surface area contributed by atoms with Gasteiger partial charge in [0, 0.05) is 16.7 Å². The fourth-order valence-corrected chi connectivity index (χ4v) is 2.31. The highest BCUT2D eigenvalue weighted by molar-refractivity contribution is 9.10. The third-order valence-corrected chi connectivity index (χ3v) is 3.28. The normalized spacial score (nSPS) is 10.2. The standard InChI is InChI=1S/C13H14BrN5O2/c1-3-15-12-11(19(20)21)13(17-7-16-12)18-10-5-4-9(14)6-8(10)2/h4-7H,3H2,1-2H3,(H2,15,16,17,18). The first-order valence-electron chi connectivity index (χ1n) is 6.29. The van der Waals surface area contributed by atoms with Gasteiger partial charge in [0.1, 0.15) is 6.33 Å². The molecule has 8 heteroatoms. The maximum absolute atomic E-state index is 11.3. The van der Waals surface area contributed by atoms with Crippen LogP contribution in [0.2, 0.25) is 0 Å². The molecule has 110 valence electrons. The van der Waals surface area contributed by atoms with Gasteiger partial charge in [-0.1, -0.05) is 15.9 Å². The number of nitrogens with one attached hydrogen (secondary N) is 2. The van der Waals surface area contributed by atoms with Gasteiger partial charge in [0.25, 0.3) is 0 Å². The molecule has 0 amide bonds. The van der Waals surface area contributed by atoms with Crippen LogP contribution in [0, 0.1) is 17.0 Å². The van der Waals surface area contributed by atoms with Gasteiger partial charge in [0.05, 0.1) is 4.92 Å². The van der Waals surface area contributed by atoms with Crippen molar-refractivity contribution in [2.45, 2.75) is 13.8 Å². The van der Waals surface area contributed by atoms with Gasteiger partial charge in [-0.3, -0.25) is 10.1 Å². The third kappa shape index (κ3) is 3.46. The van der Waals surface area contributed by atoms with E-state index in [0.717, 1.165) is 15.7 Å². The molecule has 0 spiro atoms. The molecule has 2 aromatic rings. The minimum atomic E-state index is -0.492. The van der Waals surface area contributed by atoms with E-state index in [4.69, 9.17) is 0 Å². The summed E-state index contributed by atoms with van der Waals surface area (Å²) in [7, 11) is 0. The predicted octanol–water partition coefficient (Wildman–Crippen LogP) is 3.63. The molecule has 0 radical (unpaired) electrons. The fraction of sp³-hybridized carbons (Fsp3) is 0.231. The highest BCUT2D eigenvalue weighted by atomic mass is 79.9. The van der Waals surface area contributed by atoms with Gasteiger partial charge < -0.3 is 10.6 Å². The second kappa shape index (κ2) is 6.49. The van der Waals surface area contributed by atoms with E-state index in [1.165, 1.54) is 6.33 Å². The third-order valence-electron chi connectivity index (χ3n) is 2.79. The molecule has 0 aliphatic carbocycles. The van der Waals surface area contributed by atoms with Crippen LogP contribution in [-0.2, 0) is 0 Å². The molecule has 0 atom stereocenters. The number of aryl methyl sites for hydroxylation is 1. The van der Waals surface area contributed by atoms with Gasteiger partial charge >= 0.3 is 5.69 Å². The average molecular weight is 352 g/mol. The van der Waals surface area contributed by atoms with E-state index < -0.39 is 4.92 Å². The quantitative estimate of drug-likeness (QED) is 0.631. The van der Waals surface area contributed by atoms with Gasteiger partial charge in [0.2, 0.25) is 11.6 Å². The summed E-state index contributed by atoms with van der Waals surface area (Å²) >= 11 is 3.38. The minimum absolute atomic E-state index is 0.163. The van der Waals surface area contributed by atoms with Crippen molar-refractivity contribution < 1.29 is 4.92 Å². The van der Waals surface area contributed by atoms with Gasteiger partial charge in [-0.2, -0.15) is 0 Å². The number of hydrogen-bond donors (Lipinski definition) is 2. The Morgan fingerprint density at radius 1 is 1.33 bits per heavy atom. The maximum Gasteiger partial charge on any atom is 0.353 e. The van der Waals surface area contributed by atoms with Crippen LogP contribution in [0.3, 0.4) is 0 Å². The van der Waals surface area contributed by atoms with Crippen LogP contribution in [0.1, 0.15) is 12.5 Å². The molecule has 0 unspecified atom stereocenters. The molecular weight excluding hydrogens is 338 g/mol. The van der Waals surface area contributed by atoms with Crippen LogP contribution < -0.4 is 10.6 Å². The van der Waals surface area contributed by atoms with Crippen LogP contribution in [0.5, 0.6) is 0 Å². The van der Waals surface area contributed by atoms with E-state index in [0.29, 0.717) is 6.54 Å². The smallest absolute Gasteiger partial charge is 0.353 e. The topological polar surface area (TPSA) is 93.0 Å². The average Bonchev–Trinajstić information content (AvgIpc) is 2.42. The van der Waals surface area contributed by atoms with Crippen LogP contribution in [-0.4, -0.2) is 21.4 Å². The second-order valence-corrected chi connectivity index (χ2v) is 5.21. The summed E-state index contributed by atoms with van der Waals surface area (Å²) in [5.74, 6) is 0.367. The monoisotopic (exact) mass is 351 g/mol. The van der Waals surface area contributed by atoms with E-state index in [1.807, 2.05) is 32.0 Å². The number of nitro groups is 1. The van der Waals surface area contributed by atoms with Crippen LogP contribution in [0.4, 0.5) is 23.0 Å². The molecule has 0 aliphatic heterocycles. The van der Waals surface area contributed by atoms with Gasteiger partial charge in [-0.15, -0.1) is 0 Å². The van der Waals surface area contributed by atoms with Crippen LogP contribution in [0.25, 0.3) is 0 Å². The van der Waals surface area contributed by atoms with Gasteiger partial charge in [0.15, 0.2) is 0 Å². The van der Waals surface area contributed by atoms with E-state index in [1.54, 1.807) is 0 Å². The molecule has 0 bridgehead atoms. The van der Waals surface area contributed by atoms with Crippen molar-refractivity contribution in [2.24, 2.45) is 0 Å². The number of anilines is 3. The summed E-state index contributed by atoms with van der Waals surface area (Å²) in [6.07, 6.45) is 1.29. The number of halogens is 1. The number of hydrogen-bond acceptors (Lipinski definition) is 6. The molecule has 2 N–H and O–H groups in total. The zero-order valence-electron chi connectivity index (χ0n) is 11.6. The van der Waals surface area contributed by atoms with Gasteiger partial charge in [-0.05, 0) is 37.6 Å². The number of nitrogens with zero attached hydrogens (tertiary/aromatic N) is 3. The lowest BCUT2D eigenvalue weighted by molar-refractivity contribution is -0.383. The van der Waals surface area contributed by atoms with Crippen molar-refractivity contribution in [2.75, 3.05) is 17.2 Å². The minimum Gasteiger partial charge on any atom is -0.364 e. The number of benzene rings is 1. The maximum atomic E-state index is 11.3. The van der Waals surface area contributed by atoms with E-state index in [-0.39, 0.29) is 17.3 Å². The zero-order chi connectivity index (χ0) is 15.4. The van der Waals surface area contributed by atoms with Crippen molar-refractivity contribution in [3.05, 3.63) is 44.7 Å².